The summed E-state index contributed by atoms with van der Waals surface area (Å²) in [5, 5.41) is 7.48. The van der Waals surface area contributed by atoms with Crippen molar-refractivity contribution in [2.45, 2.75) is 10.1 Å². The van der Waals surface area contributed by atoms with Crippen molar-refractivity contribution in [2.75, 3.05) is 12.0 Å². The summed E-state index contributed by atoms with van der Waals surface area (Å²) in [5.41, 5.74) is 2.97. The molecule has 0 saturated carbocycles. The molecule has 0 radical (unpaired) electrons. The van der Waals surface area contributed by atoms with Gasteiger partial charge in [-0.2, -0.15) is 23.1 Å². The highest BCUT2D eigenvalue weighted by molar-refractivity contribution is 8.03. The Morgan fingerprint density at radius 1 is 1.40 bits per heavy atom. The SMILES string of the molecule is CSC1CSc2c1csc2-c1ccsc1. The standard InChI is InChI=1S/C11H10S4/c1-12-9-6-15-11-8(9)5-14-10(11)7-2-3-13-4-7/h2-5,9H,6H2,1H3. The molecule has 4 heteroatoms. The molecule has 1 aliphatic rings. The fourth-order valence-corrected chi connectivity index (χ4v) is 6.36. The van der Waals surface area contributed by atoms with E-state index in [2.05, 4.69) is 28.5 Å². The molecule has 2 aromatic heterocycles. The Kier molecular flexibility index (Phi) is 2.85. The van der Waals surface area contributed by atoms with Gasteiger partial charge in [0.25, 0.3) is 0 Å². The third kappa shape index (κ3) is 1.68. The van der Waals surface area contributed by atoms with Crippen LogP contribution in [0.15, 0.2) is 27.1 Å². The van der Waals surface area contributed by atoms with Crippen LogP contribution in [0.4, 0.5) is 0 Å². The maximum atomic E-state index is 2.35. The van der Waals surface area contributed by atoms with Crippen LogP contribution in [0.1, 0.15) is 10.8 Å². The molecule has 0 aromatic carbocycles. The molecule has 0 amide bonds. The molecular formula is C11H10S4. The Balaban J connectivity index is 2.06. The molecule has 3 heterocycles. The Morgan fingerprint density at radius 3 is 3.07 bits per heavy atom. The molecule has 2 aromatic rings. The van der Waals surface area contributed by atoms with E-state index in [0.29, 0.717) is 5.25 Å². The van der Waals surface area contributed by atoms with Crippen molar-refractivity contribution >= 4 is 46.2 Å². The maximum Gasteiger partial charge on any atom is 0.0490 e. The van der Waals surface area contributed by atoms with Crippen LogP contribution in [0.3, 0.4) is 0 Å². The normalized spacial score (nSPS) is 19.4. The van der Waals surface area contributed by atoms with Crippen LogP contribution < -0.4 is 0 Å². The lowest BCUT2D eigenvalue weighted by Gasteiger charge is -2.01. The van der Waals surface area contributed by atoms with E-state index in [1.54, 1.807) is 16.9 Å². The van der Waals surface area contributed by atoms with Crippen molar-refractivity contribution in [3.63, 3.8) is 0 Å². The van der Waals surface area contributed by atoms with Crippen LogP contribution in [0, 0.1) is 0 Å². The third-order valence-electron chi connectivity index (χ3n) is 2.57. The highest BCUT2D eigenvalue weighted by atomic mass is 32.2. The van der Waals surface area contributed by atoms with Crippen LogP contribution in [0.2, 0.25) is 0 Å². The minimum atomic E-state index is 0.716. The van der Waals surface area contributed by atoms with Gasteiger partial charge in [-0.15, -0.1) is 23.1 Å². The van der Waals surface area contributed by atoms with Crippen LogP contribution >= 0.6 is 46.2 Å². The van der Waals surface area contributed by atoms with Gasteiger partial charge in [0.1, 0.15) is 0 Å². The van der Waals surface area contributed by atoms with Crippen molar-refractivity contribution in [1.82, 2.24) is 0 Å². The second-order valence-electron chi connectivity index (χ2n) is 3.40. The summed E-state index contributed by atoms with van der Waals surface area (Å²) in [7, 11) is 0. The van der Waals surface area contributed by atoms with Gasteiger partial charge < -0.3 is 0 Å². The van der Waals surface area contributed by atoms with E-state index in [1.807, 2.05) is 34.9 Å². The van der Waals surface area contributed by atoms with Gasteiger partial charge in [-0.05, 0) is 34.0 Å². The Morgan fingerprint density at radius 2 is 2.33 bits per heavy atom. The van der Waals surface area contributed by atoms with Gasteiger partial charge in [0.05, 0.1) is 0 Å². The summed E-state index contributed by atoms with van der Waals surface area (Å²) < 4.78 is 0. The fourth-order valence-electron chi connectivity index (χ4n) is 1.77. The number of hydrogen-bond donors (Lipinski definition) is 0. The van der Waals surface area contributed by atoms with Gasteiger partial charge in [-0.1, -0.05) is 0 Å². The second-order valence-corrected chi connectivity index (χ2v) is 7.13. The summed E-state index contributed by atoms with van der Waals surface area (Å²) in [6, 6.07) is 2.23. The molecule has 0 fully saturated rings. The highest BCUT2D eigenvalue weighted by Crippen LogP contribution is 2.52. The lowest BCUT2D eigenvalue weighted by atomic mass is 10.2. The lowest BCUT2D eigenvalue weighted by molar-refractivity contribution is 1.14. The monoisotopic (exact) mass is 270 g/mol. The van der Waals surface area contributed by atoms with E-state index in [1.165, 1.54) is 21.1 Å². The summed E-state index contributed by atoms with van der Waals surface area (Å²) in [5.74, 6) is 1.25. The summed E-state index contributed by atoms with van der Waals surface area (Å²) in [4.78, 5) is 3.02. The first kappa shape index (κ1) is 10.3. The Labute approximate surface area is 106 Å². The molecule has 0 nitrogen and oxygen atoms in total. The molecule has 1 atom stereocenters. The fraction of sp³-hybridized carbons (Fsp3) is 0.273. The second kappa shape index (κ2) is 4.17. The largest absolute Gasteiger partial charge is 0.156 e. The lowest BCUT2D eigenvalue weighted by Crippen LogP contribution is -1.86. The summed E-state index contributed by atoms with van der Waals surface area (Å²) >= 11 is 7.68. The first-order chi connectivity index (χ1) is 7.40. The minimum absolute atomic E-state index is 0.716. The quantitative estimate of drug-likeness (QED) is 0.754. The summed E-state index contributed by atoms with van der Waals surface area (Å²) in [6.07, 6.45) is 2.21. The first-order valence-corrected chi connectivity index (χ1v) is 8.79. The van der Waals surface area contributed by atoms with Gasteiger partial charge in [0.15, 0.2) is 0 Å². The average molecular weight is 270 g/mol. The average Bonchev–Trinajstić information content (AvgIpc) is 2.93. The van der Waals surface area contributed by atoms with E-state index in [0.717, 1.165) is 0 Å². The number of fused-ring (bicyclic) bond motifs is 1. The van der Waals surface area contributed by atoms with Gasteiger partial charge in [0.2, 0.25) is 0 Å². The molecule has 78 valence electrons. The van der Waals surface area contributed by atoms with Crippen LogP contribution in [0.25, 0.3) is 10.4 Å². The smallest absolute Gasteiger partial charge is 0.0490 e. The third-order valence-corrected chi connectivity index (χ3v) is 6.85. The van der Waals surface area contributed by atoms with Gasteiger partial charge in [-0.25, -0.2) is 0 Å². The van der Waals surface area contributed by atoms with Gasteiger partial charge >= 0.3 is 0 Å². The van der Waals surface area contributed by atoms with E-state index in [4.69, 9.17) is 0 Å². The molecule has 0 spiro atoms. The van der Waals surface area contributed by atoms with Gasteiger partial charge in [-0.3, -0.25) is 0 Å². The highest BCUT2D eigenvalue weighted by Gasteiger charge is 2.26. The number of thiophene rings is 2. The molecule has 15 heavy (non-hydrogen) atoms. The topological polar surface area (TPSA) is 0 Å². The predicted octanol–water partition coefficient (Wildman–Crippen LogP) is 4.99. The molecule has 1 aliphatic heterocycles. The number of thioether (sulfide) groups is 2. The zero-order valence-electron chi connectivity index (χ0n) is 8.23. The van der Waals surface area contributed by atoms with Crippen LogP contribution in [0.5, 0.6) is 0 Å². The van der Waals surface area contributed by atoms with E-state index < -0.39 is 0 Å². The van der Waals surface area contributed by atoms with Gasteiger partial charge in [0, 0.05) is 26.3 Å². The van der Waals surface area contributed by atoms with E-state index in [9.17, 15) is 0 Å². The molecular weight excluding hydrogens is 260 g/mol. The van der Waals surface area contributed by atoms with Crippen molar-refractivity contribution in [2.24, 2.45) is 0 Å². The molecule has 3 rings (SSSR count). The van der Waals surface area contributed by atoms with Crippen molar-refractivity contribution < 1.29 is 0 Å². The van der Waals surface area contributed by atoms with E-state index in [-0.39, 0.29) is 0 Å². The number of hydrogen-bond acceptors (Lipinski definition) is 4. The Hall–Kier alpha value is 0.1000. The van der Waals surface area contributed by atoms with Crippen molar-refractivity contribution in [1.29, 1.82) is 0 Å². The molecule has 0 bridgehead atoms. The molecule has 0 aliphatic carbocycles. The zero-order valence-corrected chi connectivity index (χ0v) is 11.5. The van der Waals surface area contributed by atoms with Crippen molar-refractivity contribution in [3.8, 4) is 10.4 Å². The van der Waals surface area contributed by atoms with E-state index >= 15 is 0 Å². The Bertz CT molecular complexity index is 455. The number of rotatable bonds is 2. The first-order valence-electron chi connectivity index (χ1n) is 4.69. The van der Waals surface area contributed by atoms with Crippen molar-refractivity contribution in [3.05, 3.63) is 27.8 Å². The zero-order chi connectivity index (χ0) is 10.3. The predicted molar refractivity (Wildman–Crippen MR) is 74.6 cm³/mol. The molecule has 0 N–H and O–H groups in total. The molecule has 0 saturated heterocycles. The van der Waals surface area contributed by atoms with Crippen LogP contribution in [-0.4, -0.2) is 12.0 Å². The maximum absolute atomic E-state index is 2.35. The summed E-state index contributed by atoms with van der Waals surface area (Å²) in [6.45, 7) is 0. The van der Waals surface area contributed by atoms with Crippen LogP contribution in [-0.2, 0) is 0 Å². The molecule has 1 unspecified atom stereocenters. The minimum Gasteiger partial charge on any atom is -0.156 e.